The summed E-state index contributed by atoms with van der Waals surface area (Å²) in [6, 6.07) is 13.4. The fourth-order valence-corrected chi connectivity index (χ4v) is 2.34. The van der Waals surface area contributed by atoms with Crippen molar-refractivity contribution in [2.24, 2.45) is 0 Å². The van der Waals surface area contributed by atoms with Crippen molar-refractivity contribution in [1.82, 2.24) is 9.55 Å². The lowest BCUT2D eigenvalue weighted by molar-refractivity contribution is -0.384. The van der Waals surface area contributed by atoms with Crippen LogP contribution in [0.1, 0.15) is 21.5 Å². The van der Waals surface area contributed by atoms with Crippen LogP contribution >= 0.6 is 0 Å². The fraction of sp³-hybridized carbons (Fsp3) is 0.0526. The van der Waals surface area contributed by atoms with Crippen LogP contribution in [-0.4, -0.2) is 20.3 Å². The van der Waals surface area contributed by atoms with E-state index in [0.29, 0.717) is 12.1 Å². The Morgan fingerprint density at radius 1 is 1.12 bits per heavy atom. The number of nitrogens with zero attached hydrogens (tertiary/aromatic N) is 3. The summed E-state index contributed by atoms with van der Waals surface area (Å²) in [5, 5.41) is 10.6. The number of carbonyl (C=O) groups is 1. The first-order chi connectivity index (χ1) is 12.1. The van der Waals surface area contributed by atoms with Crippen molar-refractivity contribution >= 4 is 17.5 Å². The van der Waals surface area contributed by atoms with Crippen molar-refractivity contribution in [3.05, 3.63) is 100 Å². The molecule has 6 nitrogen and oxygen atoms in total. The SMILES string of the molecule is O=C(/C=C/c1ccc([N+](=O)[O-])cc1)c1ccc(Cn2ccnc2)cc1. The molecule has 0 spiro atoms. The molecule has 1 heterocycles. The second kappa shape index (κ2) is 7.35. The van der Waals surface area contributed by atoms with Crippen molar-refractivity contribution < 1.29 is 9.72 Å². The highest BCUT2D eigenvalue weighted by molar-refractivity contribution is 6.06. The average Bonchev–Trinajstić information content (AvgIpc) is 3.13. The van der Waals surface area contributed by atoms with Crippen LogP contribution in [0.25, 0.3) is 6.08 Å². The van der Waals surface area contributed by atoms with E-state index in [4.69, 9.17) is 0 Å². The van der Waals surface area contributed by atoms with Crippen molar-refractivity contribution in [3.63, 3.8) is 0 Å². The normalized spacial score (nSPS) is 10.9. The number of hydrogen-bond donors (Lipinski definition) is 0. The zero-order valence-corrected chi connectivity index (χ0v) is 13.3. The van der Waals surface area contributed by atoms with Gasteiger partial charge in [-0.05, 0) is 29.3 Å². The molecule has 0 radical (unpaired) electrons. The molecule has 0 atom stereocenters. The van der Waals surface area contributed by atoms with Crippen LogP contribution < -0.4 is 0 Å². The summed E-state index contributed by atoms with van der Waals surface area (Å²) < 4.78 is 1.95. The maximum absolute atomic E-state index is 12.2. The average molecular weight is 333 g/mol. The van der Waals surface area contributed by atoms with E-state index in [-0.39, 0.29) is 11.5 Å². The first-order valence-corrected chi connectivity index (χ1v) is 7.63. The Morgan fingerprint density at radius 2 is 1.84 bits per heavy atom. The van der Waals surface area contributed by atoms with Gasteiger partial charge in [0, 0.05) is 36.6 Å². The highest BCUT2D eigenvalue weighted by atomic mass is 16.6. The van der Waals surface area contributed by atoms with Crippen molar-refractivity contribution in [2.75, 3.05) is 0 Å². The van der Waals surface area contributed by atoms with E-state index in [1.807, 2.05) is 22.9 Å². The largest absolute Gasteiger partial charge is 0.333 e. The van der Waals surface area contributed by atoms with Gasteiger partial charge in [-0.2, -0.15) is 0 Å². The second-order valence-corrected chi connectivity index (χ2v) is 5.48. The summed E-state index contributed by atoms with van der Waals surface area (Å²) >= 11 is 0. The molecule has 6 heteroatoms. The number of non-ortho nitro benzene ring substituents is 1. The molecule has 0 N–H and O–H groups in total. The Labute approximate surface area is 144 Å². The first kappa shape index (κ1) is 16.3. The monoisotopic (exact) mass is 333 g/mol. The number of nitro groups is 1. The minimum Gasteiger partial charge on any atom is -0.333 e. The van der Waals surface area contributed by atoms with Crippen LogP contribution in [0, 0.1) is 10.1 Å². The van der Waals surface area contributed by atoms with E-state index in [9.17, 15) is 14.9 Å². The minimum atomic E-state index is -0.454. The highest BCUT2D eigenvalue weighted by Crippen LogP contribution is 2.14. The van der Waals surface area contributed by atoms with E-state index in [2.05, 4.69) is 4.98 Å². The number of nitro benzene ring substituents is 1. The topological polar surface area (TPSA) is 78.0 Å². The molecular weight excluding hydrogens is 318 g/mol. The second-order valence-electron chi connectivity index (χ2n) is 5.48. The number of ketones is 1. The van der Waals surface area contributed by atoms with Gasteiger partial charge in [0.25, 0.3) is 5.69 Å². The number of benzene rings is 2. The Hall–Kier alpha value is -3.54. The van der Waals surface area contributed by atoms with Gasteiger partial charge in [0.15, 0.2) is 5.78 Å². The predicted octanol–water partition coefficient (Wildman–Crippen LogP) is 3.74. The molecule has 25 heavy (non-hydrogen) atoms. The number of imidazole rings is 1. The molecule has 124 valence electrons. The predicted molar refractivity (Wildman–Crippen MR) is 94.2 cm³/mol. The fourth-order valence-electron chi connectivity index (χ4n) is 2.34. The molecule has 0 aliphatic carbocycles. The van der Waals surface area contributed by atoms with Gasteiger partial charge in [-0.15, -0.1) is 0 Å². The molecule has 0 unspecified atom stereocenters. The van der Waals surface area contributed by atoms with Gasteiger partial charge in [0.1, 0.15) is 0 Å². The van der Waals surface area contributed by atoms with Crippen LogP contribution in [0.4, 0.5) is 5.69 Å². The molecule has 0 saturated carbocycles. The summed E-state index contributed by atoms with van der Waals surface area (Å²) in [5.41, 5.74) is 2.43. The lowest BCUT2D eigenvalue weighted by Crippen LogP contribution is -1.98. The lowest BCUT2D eigenvalue weighted by Gasteiger charge is -2.03. The van der Waals surface area contributed by atoms with Gasteiger partial charge < -0.3 is 4.57 Å². The van der Waals surface area contributed by atoms with E-state index in [0.717, 1.165) is 11.1 Å². The minimum absolute atomic E-state index is 0.0250. The van der Waals surface area contributed by atoms with Gasteiger partial charge >= 0.3 is 0 Å². The van der Waals surface area contributed by atoms with Crippen molar-refractivity contribution in [2.45, 2.75) is 6.54 Å². The molecule has 0 saturated heterocycles. The Balaban J connectivity index is 1.65. The molecule has 0 aliphatic rings. The quantitative estimate of drug-likeness (QED) is 0.298. The third-order valence-electron chi connectivity index (χ3n) is 3.69. The molecule has 3 rings (SSSR count). The zero-order chi connectivity index (χ0) is 17.6. The van der Waals surface area contributed by atoms with Crippen LogP contribution in [-0.2, 0) is 6.54 Å². The third-order valence-corrected chi connectivity index (χ3v) is 3.69. The summed E-state index contributed by atoms with van der Waals surface area (Å²) in [5.74, 6) is -0.118. The smallest absolute Gasteiger partial charge is 0.269 e. The Kier molecular flexibility index (Phi) is 4.80. The van der Waals surface area contributed by atoms with Gasteiger partial charge in [-0.3, -0.25) is 14.9 Å². The maximum Gasteiger partial charge on any atom is 0.269 e. The zero-order valence-electron chi connectivity index (χ0n) is 13.3. The van der Waals surface area contributed by atoms with Gasteiger partial charge in [0.05, 0.1) is 11.3 Å². The van der Waals surface area contributed by atoms with Crippen molar-refractivity contribution in [1.29, 1.82) is 0 Å². The van der Waals surface area contributed by atoms with E-state index >= 15 is 0 Å². The molecule has 3 aromatic rings. The number of aromatic nitrogens is 2. The number of hydrogen-bond acceptors (Lipinski definition) is 4. The number of carbonyl (C=O) groups excluding carboxylic acids is 1. The molecule has 2 aromatic carbocycles. The third kappa shape index (κ3) is 4.26. The van der Waals surface area contributed by atoms with E-state index in [1.54, 1.807) is 42.9 Å². The number of rotatable bonds is 6. The first-order valence-electron chi connectivity index (χ1n) is 7.63. The summed E-state index contributed by atoms with van der Waals surface area (Å²) in [4.78, 5) is 26.4. The molecular formula is C19H15N3O3. The summed E-state index contributed by atoms with van der Waals surface area (Å²) in [7, 11) is 0. The van der Waals surface area contributed by atoms with Crippen LogP contribution in [0.2, 0.25) is 0 Å². The molecule has 1 aromatic heterocycles. The van der Waals surface area contributed by atoms with Crippen LogP contribution in [0.3, 0.4) is 0 Å². The van der Waals surface area contributed by atoms with Crippen LogP contribution in [0.15, 0.2) is 73.3 Å². The Morgan fingerprint density at radius 3 is 2.44 bits per heavy atom. The Bertz CT molecular complexity index is 896. The molecule has 0 amide bonds. The van der Waals surface area contributed by atoms with Gasteiger partial charge in [0.2, 0.25) is 0 Å². The molecule has 0 bridgehead atoms. The summed E-state index contributed by atoms with van der Waals surface area (Å²) in [6.07, 6.45) is 8.45. The number of allylic oxidation sites excluding steroid dienone is 1. The van der Waals surface area contributed by atoms with Gasteiger partial charge in [-0.1, -0.05) is 30.3 Å². The lowest BCUT2D eigenvalue weighted by atomic mass is 10.1. The van der Waals surface area contributed by atoms with Crippen LogP contribution in [0.5, 0.6) is 0 Å². The van der Waals surface area contributed by atoms with E-state index < -0.39 is 4.92 Å². The standard InChI is InChI=1S/C19H15N3O3/c23-19(10-5-15-3-8-18(9-4-15)22(24)25)17-6-1-16(2-7-17)13-21-12-11-20-14-21/h1-12,14H,13H2/b10-5+. The van der Waals surface area contributed by atoms with Crippen molar-refractivity contribution in [3.8, 4) is 0 Å². The van der Waals surface area contributed by atoms with E-state index in [1.165, 1.54) is 18.2 Å². The maximum atomic E-state index is 12.2. The van der Waals surface area contributed by atoms with Gasteiger partial charge in [-0.25, -0.2) is 4.98 Å². The molecule has 0 fully saturated rings. The molecule has 0 aliphatic heterocycles. The summed E-state index contributed by atoms with van der Waals surface area (Å²) in [6.45, 7) is 0.701. The highest BCUT2D eigenvalue weighted by Gasteiger charge is 2.04.